The zero-order valence-corrected chi connectivity index (χ0v) is 19.0. The van der Waals surface area contributed by atoms with Gasteiger partial charge >= 0.3 is 0 Å². The first-order valence-electron chi connectivity index (χ1n) is 10.9. The Morgan fingerprint density at radius 2 is 1.76 bits per heavy atom. The Morgan fingerprint density at radius 1 is 1.03 bits per heavy atom. The number of aromatic nitrogens is 3. The van der Waals surface area contributed by atoms with Gasteiger partial charge in [-0.3, -0.25) is 9.59 Å². The van der Waals surface area contributed by atoms with Crippen LogP contribution in [0.15, 0.2) is 65.5 Å². The quantitative estimate of drug-likeness (QED) is 0.454. The van der Waals surface area contributed by atoms with Crippen LogP contribution >= 0.6 is 11.3 Å². The zero-order valence-electron chi connectivity index (χ0n) is 18.2. The van der Waals surface area contributed by atoms with Gasteiger partial charge in [0.2, 0.25) is 4.96 Å². The molecule has 1 fully saturated rings. The third-order valence-corrected chi connectivity index (χ3v) is 6.51. The fourth-order valence-electron chi connectivity index (χ4n) is 3.84. The molecule has 0 saturated carbocycles. The number of carbonyl (C=O) groups is 1. The zero-order chi connectivity index (χ0) is 22.8. The van der Waals surface area contributed by atoms with Crippen molar-refractivity contribution in [3.8, 4) is 16.3 Å². The van der Waals surface area contributed by atoms with Gasteiger partial charge in [-0.15, -0.1) is 0 Å². The van der Waals surface area contributed by atoms with Crippen molar-refractivity contribution < 1.29 is 9.53 Å². The number of anilines is 1. The summed E-state index contributed by atoms with van der Waals surface area (Å²) in [4.78, 5) is 34.7. The van der Waals surface area contributed by atoms with Gasteiger partial charge < -0.3 is 14.5 Å². The van der Waals surface area contributed by atoms with E-state index in [0.717, 1.165) is 16.3 Å². The molecule has 2 aromatic heterocycles. The van der Waals surface area contributed by atoms with Gasteiger partial charge in [0.15, 0.2) is 0 Å². The summed E-state index contributed by atoms with van der Waals surface area (Å²) in [7, 11) is 0. The molecule has 3 heterocycles. The van der Waals surface area contributed by atoms with E-state index in [1.54, 1.807) is 12.1 Å². The lowest BCUT2D eigenvalue weighted by atomic mass is 10.1. The van der Waals surface area contributed by atoms with Crippen LogP contribution in [0.4, 0.5) is 5.82 Å². The molecule has 1 amide bonds. The SMILES string of the molecule is CCOc1ccc(C(=O)N2CCN(c3cc(=O)n4nc(-c5ccccc5)sc4n3)CC2)cc1. The Kier molecular flexibility index (Phi) is 5.78. The molecule has 2 aromatic carbocycles. The van der Waals surface area contributed by atoms with Crippen molar-refractivity contribution >= 4 is 28.0 Å². The number of benzene rings is 2. The van der Waals surface area contributed by atoms with Crippen LogP contribution in [0.25, 0.3) is 15.5 Å². The fourth-order valence-corrected chi connectivity index (χ4v) is 4.75. The fraction of sp³-hybridized carbons (Fsp3) is 0.250. The summed E-state index contributed by atoms with van der Waals surface area (Å²) in [5.41, 5.74) is 1.39. The second kappa shape index (κ2) is 9.03. The van der Waals surface area contributed by atoms with Crippen molar-refractivity contribution in [1.29, 1.82) is 0 Å². The van der Waals surface area contributed by atoms with Crippen LogP contribution in [0.2, 0.25) is 0 Å². The Bertz CT molecular complexity index is 1330. The van der Waals surface area contributed by atoms with E-state index in [1.165, 1.54) is 21.9 Å². The third-order valence-electron chi connectivity index (χ3n) is 5.56. The van der Waals surface area contributed by atoms with Crippen molar-refractivity contribution in [2.75, 3.05) is 37.7 Å². The average Bonchev–Trinajstić information content (AvgIpc) is 3.30. The summed E-state index contributed by atoms with van der Waals surface area (Å²) in [6.45, 7) is 4.85. The van der Waals surface area contributed by atoms with Crippen LogP contribution in [0.5, 0.6) is 5.75 Å². The number of nitrogens with zero attached hydrogens (tertiary/aromatic N) is 5. The highest BCUT2D eigenvalue weighted by atomic mass is 32.1. The van der Waals surface area contributed by atoms with E-state index in [4.69, 9.17) is 4.74 Å². The first-order chi connectivity index (χ1) is 16.1. The smallest absolute Gasteiger partial charge is 0.277 e. The monoisotopic (exact) mass is 461 g/mol. The largest absolute Gasteiger partial charge is 0.494 e. The summed E-state index contributed by atoms with van der Waals surface area (Å²) in [5.74, 6) is 1.37. The highest BCUT2D eigenvalue weighted by Gasteiger charge is 2.24. The molecule has 0 N–H and O–H groups in total. The summed E-state index contributed by atoms with van der Waals surface area (Å²) >= 11 is 1.39. The standard InChI is InChI=1S/C24H23N5O3S/c1-2-32-19-10-8-18(9-11-19)23(31)28-14-12-27(13-15-28)20-16-21(30)29-24(25-20)33-22(26-29)17-6-4-3-5-7-17/h3-11,16H,2,12-15H2,1H3. The predicted molar refractivity (Wildman–Crippen MR) is 128 cm³/mol. The van der Waals surface area contributed by atoms with E-state index in [9.17, 15) is 9.59 Å². The highest BCUT2D eigenvalue weighted by Crippen LogP contribution is 2.25. The molecule has 5 rings (SSSR count). The van der Waals surface area contributed by atoms with Gasteiger partial charge in [-0.05, 0) is 31.2 Å². The Morgan fingerprint density at radius 3 is 2.45 bits per heavy atom. The topological polar surface area (TPSA) is 80.0 Å². The predicted octanol–water partition coefficient (Wildman–Crippen LogP) is 3.18. The van der Waals surface area contributed by atoms with Gasteiger partial charge in [-0.1, -0.05) is 41.7 Å². The molecule has 4 aromatic rings. The lowest BCUT2D eigenvalue weighted by Gasteiger charge is -2.35. The maximum Gasteiger partial charge on any atom is 0.277 e. The minimum absolute atomic E-state index is 0.00358. The molecule has 0 aliphatic carbocycles. The van der Waals surface area contributed by atoms with E-state index in [-0.39, 0.29) is 11.5 Å². The van der Waals surface area contributed by atoms with Gasteiger partial charge in [-0.25, -0.2) is 4.98 Å². The minimum Gasteiger partial charge on any atom is -0.494 e. The maximum absolute atomic E-state index is 12.9. The van der Waals surface area contributed by atoms with Gasteiger partial charge in [0.25, 0.3) is 11.5 Å². The van der Waals surface area contributed by atoms with Crippen molar-refractivity contribution in [2.45, 2.75) is 6.92 Å². The first kappa shape index (κ1) is 21.1. The molecule has 0 atom stereocenters. The number of hydrogen-bond donors (Lipinski definition) is 0. The third kappa shape index (κ3) is 4.31. The number of amides is 1. The molecule has 0 radical (unpaired) electrons. The van der Waals surface area contributed by atoms with Crippen LogP contribution in [-0.2, 0) is 0 Å². The van der Waals surface area contributed by atoms with Crippen LogP contribution in [0.3, 0.4) is 0 Å². The molecule has 33 heavy (non-hydrogen) atoms. The Labute approximate surface area is 194 Å². The van der Waals surface area contributed by atoms with Gasteiger partial charge in [0.1, 0.15) is 16.6 Å². The van der Waals surface area contributed by atoms with Gasteiger partial charge in [-0.2, -0.15) is 9.61 Å². The van der Waals surface area contributed by atoms with E-state index >= 15 is 0 Å². The van der Waals surface area contributed by atoms with Crippen molar-refractivity contribution in [3.05, 3.63) is 76.6 Å². The molecule has 1 saturated heterocycles. The van der Waals surface area contributed by atoms with Gasteiger partial charge in [0.05, 0.1) is 6.61 Å². The number of fused-ring (bicyclic) bond motifs is 1. The van der Waals surface area contributed by atoms with Crippen LogP contribution in [0.1, 0.15) is 17.3 Å². The van der Waals surface area contributed by atoms with E-state index in [1.807, 2.05) is 59.2 Å². The molecule has 0 bridgehead atoms. The van der Waals surface area contributed by atoms with E-state index in [2.05, 4.69) is 10.1 Å². The number of rotatable bonds is 5. The summed E-state index contributed by atoms with van der Waals surface area (Å²) in [6, 6.07) is 18.5. The molecule has 9 heteroatoms. The van der Waals surface area contributed by atoms with Crippen LogP contribution < -0.4 is 15.2 Å². The van der Waals surface area contributed by atoms with Crippen molar-refractivity contribution in [1.82, 2.24) is 19.5 Å². The minimum atomic E-state index is -0.207. The highest BCUT2D eigenvalue weighted by molar-refractivity contribution is 7.19. The van der Waals surface area contributed by atoms with Gasteiger partial charge in [0, 0.05) is 43.4 Å². The molecule has 0 unspecified atom stereocenters. The van der Waals surface area contributed by atoms with E-state index in [0.29, 0.717) is 49.1 Å². The number of carbonyl (C=O) groups excluding carboxylic acids is 1. The molecule has 0 spiro atoms. The average molecular weight is 462 g/mol. The lowest BCUT2D eigenvalue weighted by molar-refractivity contribution is 0.0746. The molecule has 1 aliphatic heterocycles. The first-order valence-corrected chi connectivity index (χ1v) is 11.7. The van der Waals surface area contributed by atoms with Crippen LogP contribution in [-0.4, -0.2) is 58.2 Å². The van der Waals surface area contributed by atoms with Crippen molar-refractivity contribution in [3.63, 3.8) is 0 Å². The Balaban J connectivity index is 1.30. The molecule has 8 nitrogen and oxygen atoms in total. The molecular formula is C24H23N5O3S. The number of hydrogen-bond acceptors (Lipinski definition) is 7. The normalized spacial score (nSPS) is 14.0. The molecular weight excluding hydrogens is 438 g/mol. The second-order valence-corrected chi connectivity index (χ2v) is 8.61. The summed E-state index contributed by atoms with van der Waals surface area (Å²) < 4.78 is 6.80. The number of ether oxygens (including phenoxy) is 1. The second-order valence-electron chi connectivity index (χ2n) is 7.66. The maximum atomic E-state index is 12.9. The summed E-state index contributed by atoms with van der Waals surface area (Å²) in [6.07, 6.45) is 0. The molecule has 168 valence electrons. The van der Waals surface area contributed by atoms with Crippen LogP contribution in [0, 0.1) is 0 Å². The van der Waals surface area contributed by atoms with E-state index < -0.39 is 0 Å². The Hall–Kier alpha value is -3.72. The summed E-state index contributed by atoms with van der Waals surface area (Å²) in [5, 5.41) is 5.19. The number of piperazine rings is 1. The lowest BCUT2D eigenvalue weighted by Crippen LogP contribution is -2.49. The van der Waals surface area contributed by atoms with Crippen molar-refractivity contribution in [2.24, 2.45) is 0 Å². The molecule has 1 aliphatic rings.